The quantitative estimate of drug-likeness (QED) is 0.186. The maximum atomic E-state index is 16.0. The van der Waals surface area contributed by atoms with Crippen LogP contribution in [0.5, 0.6) is 0 Å². The monoisotopic (exact) mass is 702 g/mol. The number of aryl methyl sites for hydroxylation is 1. The number of hydrogen-bond acceptors (Lipinski definition) is 15. The van der Waals surface area contributed by atoms with E-state index in [1.165, 1.54) is 17.9 Å². The molecular formula is C22H23BF2N8O10P2S. The molecule has 3 saturated heterocycles. The summed E-state index contributed by atoms with van der Waals surface area (Å²) in [6.07, 6.45) is -8.28. The number of rotatable bonds is 2. The van der Waals surface area contributed by atoms with Crippen molar-refractivity contribution in [2.75, 3.05) is 18.9 Å². The lowest BCUT2D eigenvalue weighted by molar-refractivity contribution is -0.0575. The van der Waals surface area contributed by atoms with Gasteiger partial charge < -0.3 is 47.9 Å². The van der Waals surface area contributed by atoms with Crippen molar-refractivity contribution >= 4 is 61.6 Å². The SMILES string of the molecule is [B]P1(=O)OC[C@H]2O[C@@H](n3cnc4c(N)ncnc43)C(F)C2OP(O)(=S)OC[C@H]2O[C@@H](n3cc(F)c4c(=O)n(C)cnc43)C(O)C2O1. The number of alkyl halides is 1. The molecule has 6 unspecified atom stereocenters. The number of nitrogen functional groups attached to an aromatic ring is 1. The molecule has 7 heterocycles. The maximum absolute atomic E-state index is 16.0. The van der Waals surface area contributed by atoms with Gasteiger partial charge in [0.15, 0.2) is 41.6 Å². The molecule has 4 aromatic rings. The van der Waals surface area contributed by atoms with E-state index in [-0.39, 0.29) is 28.0 Å². The van der Waals surface area contributed by atoms with Crippen LogP contribution in [-0.4, -0.2) is 101 Å². The minimum absolute atomic E-state index is 0.0384. The lowest BCUT2D eigenvalue weighted by Gasteiger charge is -2.30. The Kier molecular flexibility index (Phi) is 7.92. The average Bonchev–Trinajstić information content (AvgIpc) is 3.73. The Hall–Kier alpha value is -2.75. The third kappa shape index (κ3) is 5.40. The van der Waals surface area contributed by atoms with Crippen LogP contribution in [0.15, 0.2) is 30.0 Å². The third-order valence-electron chi connectivity index (χ3n) is 7.70. The van der Waals surface area contributed by atoms with Gasteiger partial charge in [0.25, 0.3) is 13.0 Å². The van der Waals surface area contributed by atoms with Crippen LogP contribution in [0.3, 0.4) is 0 Å². The lowest BCUT2D eigenvalue weighted by Crippen LogP contribution is -2.38. The zero-order valence-corrected chi connectivity index (χ0v) is 26.0. The molecular weight excluding hydrogens is 679 g/mol. The maximum Gasteiger partial charge on any atom is 0.325 e. The topological polar surface area (TPSA) is 222 Å². The molecule has 0 aromatic carbocycles. The second kappa shape index (κ2) is 11.4. The van der Waals surface area contributed by atoms with Gasteiger partial charge in [-0.2, -0.15) is 0 Å². The van der Waals surface area contributed by atoms with E-state index < -0.39 is 87.9 Å². The fourth-order valence-corrected chi connectivity index (χ4v) is 8.01. The van der Waals surface area contributed by atoms with Crippen LogP contribution < -0.4 is 11.3 Å². The highest BCUT2D eigenvalue weighted by Crippen LogP contribution is 2.54. The number of aromatic nitrogens is 7. The number of ether oxygens (including phenoxy) is 2. The summed E-state index contributed by atoms with van der Waals surface area (Å²) in [7, 11) is 2.65. The van der Waals surface area contributed by atoms with Gasteiger partial charge in [-0.1, -0.05) is 0 Å². The summed E-state index contributed by atoms with van der Waals surface area (Å²) < 4.78 is 81.0. The second-order valence-corrected chi connectivity index (χ2v) is 15.0. The van der Waals surface area contributed by atoms with E-state index in [1.54, 1.807) is 0 Å². The predicted octanol–water partition coefficient (Wildman–Crippen LogP) is 0.101. The van der Waals surface area contributed by atoms with Crippen molar-refractivity contribution in [3.05, 3.63) is 41.3 Å². The third-order valence-corrected chi connectivity index (χ3v) is 10.3. The molecule has 0 spiro atoms. The van der Waals surface area contributed by atoms with Crippen LogP contribution in [0.4, 0.5) is 14.6 Å². The number of anilines is 1. The predicted molar refractivity (Wildman–Crippen MR) is 155 cm³/mol. The molecule has 3 fully saturated rings. The molecule has 4 aromatic heterocycles. The molecule has 0 bridgehead atoms. The molecule has 0 amide bonds. The highest BCUT2D eigenvalue weighted by Gasteiger charge is 2.53. The molecule has 0 saturated carbocycles. The summed E-state index contributed by atoms with van der Waals surface area (Å²) in [6, 6.07) is 0. The van der Waals surface area contributed by atoms with Gasteiger partial charge in [0.1, 0.15) is 47.8 Å². The van der Waals surface area contributed by atoms with E-state index in [1.807, 2.05) is 0 Å². The Bertz CT molecular complexity index is 2000. The Labute approximate surface area is 262 Å². The number of nitrogens with two attached hydrogens (primary N) is 1. The van der Waals surface area contributed by atoms with Gasteiger partial charge in [-0.15, -0.1) is 0 Å². The first kappa shape index (κ1) is 31.8. The fourth-order valence-electron chi connectivity index (χ4n) is 5.55. The Morgan fingerprint density at radius 1 is 1.04 bits per heavy atom. The van der Waals surface area contributed by atoms with Gasteiger partial charge >= 0.3 is 6.72 Å². The number of aliphatic hydroxyl groups excluding tert-OH is 1. The molecule has 3 aliphatic heterocycles. The highest BCUT2D eigenvalue weighted by atomic mass is 32.5. The van der Waals surface area contributed by atoms with Crippen molar-refractivity contribution in [1.82, 2.24) is 33.6 Å². The van der Waals surface area contributed by atoms with E-state index in [0.29, 0.717) is 0 Å². The van der Waals surface area contributed by atoms with Gasteiger partial charge in [-0.3, -0.25) is 18.5 Å². The van der Waals surface area contributed by atoms with Crippen LogP contribution in [0.25, 0.3) is 22.2 Å². The van der Waals surface area contributed by atoms with Crippen molar-refractivity contribution in [2.45, 2.75) is 49.1 Å². The molecule has 3 aliphatic rings. The van der Waals surface area contributed by atoms with Crippen LogP contribution in [0.1, 0.15) is 12.5 Å². The van der Waals surface area contributed by atoms with Crippen molar-refractivity contribution in [3.8, 4) is 0 Å². The van der Waals surface area contributed by atoms with Crippen molar-refractivity contribution in [3.63, 3.8) is 0 Å². The first-order chi connectivity index (χ1) is 21.7. The Morgan fingerprint density at radius 2 is 1.76 bits per heavy atom. The van der Waals surface area contributed by atoms with Crippen molar-refractivity contribution in [1.29, 1.82) is 0 Å². The minimum atomic E-state index is -4.59. The number of aliphatic hydroxyl groups is 1. The number of nitrogens with zero attached hydrogens (tertiary/aromatic N) is 7. The van der Waals surface area contributed by atoms with Crippen molar-refractivity contribution in [2.24, 2.45) is 7.05 Å². The van der Waals surface area contributed by atoms with Gasteiger partial charge in [-0.05, 0) is 11.8 Å². The number of fused-ring (bicyclic) bond motifs is 4. The fraction of sp³-hybridized carbons (Fsp3) is 0.500. The lowest BCUT2D eigenvalue weighted by atomic mass is 10.1. The number of hydrogen-bond donors (Lipinski definition) is 3. The van der Waals surface area contributed by atoms with Gasteiger partial charge in [-0.25, -0.2) is 28.7 Å². The van der Waals surface area contributed by atoms with Crippen LogP contribution in [0, 0.1) is 5.82 Å². The zero-order valence-electron chi connectivity index (χ0n) is 23.3. The molecule has 4 N–H and O–H groups in total. The largest absolute Gasteiger partial charge is 0.386 e. The second-order valence-electron chi connectivity index (χ2n) is 10.6. The standard InChI is InChI=1S/C22H23BF2N8O10P2S/c1-31-6-30-18-11(20(31)35)8(24)2-32(18)22-14(34)16-10(41-22)4-39-45(37,46)43-15-9(3-38-44(23,36)42-16)40-21(12(15)25)33-7-29-13-17(26)27-5-28-19(13)33/h2,5-7,9-10,12,14-16,21-22,34H,3-4H2,1H3,(H,37,46)(H2,26,27,28)/t9-,10-,12?,14?,15?,16?,21-,22-,44?,45?/m1/s1. The van der Waals surface area contributed by atoms with Crippen molar-refractivity contribution < 1.29 is 50.9 Å². The first-order valence-corrected chi connectivity index (χ1v) is 17.6. The first-order valence-electron chi connectivity index (χ1n) is 13.4. The summed E-state index contributed by atoms with van der Waals surface area (Å²) >= 11 is 5.15. The van der Waals surface area contributed by atoms with E-state index in [2.05, 4.69) is 19.9 Å². The highest BCUT2D eigenvalue weighted by molar-refractivity contribution is 8.07. The molecule has 244 valence electrons. The number of imidazole rings is 1. The van der Waals surface area contributed by atoms with E-state index in [9.17, 15) is 23.7 Å². The Balaban J connectivity index is 1.18. The smallest absolute Gasteiger partial charge is 0.325 e. The van der Waals surface area contributed by atoms with Gasteiger partial charge in [0, 0.05) is 13.2 Å². The normalized spacial score (nSPS) is 37.2. The summed E-state index contributed by atoms with van der Waals surface area (Å²) in [5.41, 5.74) is 5.27. The van der Waals surface area contributed by atoms with Crippen LogP contribution in [0.2, 0.25) is 0 Å². The van der Waals surface area contributed by atoms with E-state index >= 15 is 4.39 Å². The number of halogens is 2. The average molecular weight is 702 g/mol. The van der Waals surface area contributed by atoms with Gasteiger partial charge in [0.05, 0.1) is 25.9 Å². The minimum Gasteiger partial charge on any atom is -0.386 e. The van der Waals surface area contributed by atoms with Crippen LogP contribution in [-0.2, 0) is 51.0 Å². The molecule has 2 radical (unpaired) electrons. The van der Waals surface area contributed by atoms with Crippen LogP contribution >= 0.6 is 14.2 Å². The Morgan fingerprint density at radius 3 is 2.54 bits per heavy atom. The zero-order chi connectivity index (χ0) is 32.7. The van der Waals surface area contributed by atoms with E-state index in [4.69, 9.17) is 52.7 Å². The van der Waals surface area contributed by atoms with Gasteiger partial charge in [0.2, 0.25) is 7.57 Å². The molecule has 7 rings (SSSR count). The molecule has 46 heavy (non-hydrogen) atoms. The summed E-state index contributed by atoms with van der Waals surface area (Å²) in [6.45, 7) is -5.66. The molecule has 10 atom stereocenters. The summed E-state index contributed by atoms with van der Waals surface area (Å²) in [5, 5.41) is 10.8. The summed E-state index contributed by atoms with van der Waals surface area (Å²) in [5.74, 6) is -0.906. The molecule has 24 heteroatoms. The van der Waals surface area contributed by atoms with E-state index in [0.717, 1.165) is 28.0 Å². The molecule has 0 aliphatic carbocycles. The molecule has 18 nitrogen and oxygen atoms in total. The summed E-state index contributed by atoms with van der Waals surface area (Å²) in [4.78, 5) is 39.5.